The first-order valence-electron chi connectivity index (χ1n) is 8.01. The summed E-state index contributed by atoms with van der Waals surface area (Å²) in [7, 11) is 0. The second-order valence-electron chi connectivity index (χ2n) is 6.24. The van der Waals surface area contributed by atoms with Crippen molar-refractivity contribution in [2.24, 2.45) is 0 Å². The highest BCUT2D eigenvalue weighted by Crippen LogP contribution is 2.35. The number of likely N-dealkylation sites (tertiary alicyclic amines) is 1. The fraction of sp³-hybridized carbons (Fsp3) is 0.353. The zero-order valence-corrected chi connectivity index (χ0v) is 13.6. The van der Waals surface area contributed by atoms with Gasteiger partial charge in [0.1, 0.15) is 24.4 Å². The van der Waals surface area contributed by atoms with E-state index in [4.69, 9.17) is 5.11 Å². The van der Waals surface area contributed by atoms with E-state index in [2.05, 4.69) is 0 Å². The molecule has 138 valence electrons. The Balaban J connectivity index is 2.16. The van der Waals surface area contributed by atoms with Crippen molar-refractivity contribution in [3.05, 3.63) is 35.8 Å². The molecule has 3 rings (SSSR count). The van der Waals surface area contributed by atoms with Crippen LogP contribution in [0.5, 0.6) is 0 Å². The van der Waals surface area contributed by atoms with Crippen molar-refractivity contribution in [3.63, 3.8) is 0 Å². The van der Waals surface area contributed by atoms with E-state index in [1.165, 1.54) is 21.7 Å². The highest BCUT2D eigenvalue weighted by molar-refractivity contribution is 5.91. The smallest absolute Gasteiger partial charge is 0.325 e. The molecule has 1 aliphatic heterocycles. The van der Waals surface area contributed by atoms with E-state index < -0.39 is 42.4 Å². The SMILES string of the molecule is O=C(O)Cn1cc(C(C(=O)O)N2CCC[C@H]2C(=O)O)c2ccc(F)cc21. The van der Waals surface area contributed by atoms with Gasteiger partial charge in [-0.3, -0.25) is 19.3 Å². The van der Waals surface area contributed by atoms with Crippen LogP contribution in [0.25, 0.3) is 10.9 Å². The molecule has 26 heavy (non-hydrogen) atoms. The van der Waals surface area contributed by atoms with Gasteiger partial charge in [0.05, 0.1) is 5.52 Å². The lowest BCUT2D eigenvalue weighted by molar-refractivity contribution is -0.149. The molecule has 0 spiro atoms. The number of nitrogens with zero attached hydrogens (tertiary/aromatic N) is 2. The number of carboxylic acids is 3. The number of aromatic nitrogens is 1. The maximum atomic E-state index is 13.6. The van der Waals surface area contributed by atoms with Crippen LogP contribution in [0.3, 0.4) is 0 Å². The van der Waals surface area contributed by atoms with Gasteiger partial charge in [-0.2, -0.15) is 0 Å². The zero-order valence-electron chi connectivity index (χ0n) is 13.6. The Labute approximate surface area is 147 Å². The molecule has 8 nitrogen and oxygen atoms in total. The van der Waals surface area contributed by atoms with Crippen LogP contribution in [0.4, 0.5) is 4.39 Å². The van der Waals surface area contributed by atoms with E-state index in [0.717, 1.165) is 12.1 Å². The zero-order chi connectivity index (χ0) is 19.0. The summed E-state index contributed by atoms with van der Waals surface area (Å²) in [5.74, 6) is -4.08. The summed E-state index contributed by atoms with van der Waals surface area (Å²) in [6.45, 7) is -0.171. The Kier molecular flexibility index (Phi) is 4.64. The van der Waals surface area contributed by atoms with Gasteiger partial charge < -0.3 is 19.9 Å². The van der Waals surface area contributed by atoms with E-state index in [-0.39, 0.29) is 11.1 Å². The van der Waals surface area contributed by atoms with Crippen molar-refractivity contribution >= 4 is 28.8 Å². The summed E-state index contributed by atoms with van der Waals surface area (Å²) >= 11 is 0. The van der Waals surface area contributed by atoms with Crippen LogP contribution in [-0.2, 0) is 20.9 Å². The number of rotatable bonds is 6. The second kappa shape index (κ2) is 6.75. The van der Waals surface area contributed by atoms with Crippen molar-refractivity contribution in [1.82, 2.24) is 9.47 Å². The van der Waals surface area contributed by atoms with Crippen LogP contribution >= 0.6 is 0 Å². The minimum absolute atomic E-state index is 0.250. The van der Waals surface area contributed by atoms with Gasteiger partial charge >= 0.3 is 17.9 Å². The van der Waals surface area contributed by atoms with Crippen LogP contribution in [0.1, 0.15) is 24.4 Å². The first-order valence-corrected chi connectivity index (χ1v) is 8.01. The average Bonchev–Trinajstić information content (AvgIpc) is 3.13. The van der Waals surface area contributed by atoms with Gasteiger partial charge in [-0.1, -0.05) is 0 Å². The summed E-state index contributed by atoms with van der Waals surface area (Å²) in [5.41, 5.74) is 0.502. The van der Waals surface area contributed by atoms with Crippen LogP contribution in [0.15, 0.2) is 24.4 Å². The van der Waals surface area contributed by atoms with E-state index in [1.807, 2.05) is 0 Å². The van der Waals surface area contributed by atoms with Gasteiger partial charge in [-0.25, -0.2) is 4.39 Å². The lowest BCUT2D eigenvalue weighted by atomic mass is 10.0. The molecule has 0 amide bonds. The molecule has 1 aromatic carbocycles. The van der Waals surface area contributed by atoms with Crippen molar-refractivity contribution in [2.45, 2.75) is 31.5 Å². The van der Waals surface area contributed by atoms with Crippen molar-refractivity contribution in [3.8, 4) is 0 Å². The molecule has 1 unspecified atom stereocenters. The van der Waals surface area contributed by atoms with E-state index in [1.54, 1.807) is 0 Å². The third-order valence-electron chi connectivity index (χ3n) is 4.62. The minimum Gasteiger partial charge on any atom is -0.480 e. The van der Waals surface area contributed by atoms with Crippen molar-refractivity contribution in [1.29, 1.82) is 0 Å². The van der Waals surface area contributed by atoms with E-state index >= 15 is 0 Å². The van der Waals surface area contributed by atoms with Gasteiger partial charge in [0, 0.05) is 23.7 Å². The number of carbonyl (C=O) groups is 3. The van der Waals surface area contributed by atoms with Gasteiger partial charge in [0.2, 0.25) is 0 Å². The number of aliphatic carboxylic acids is 3. The van der Waals surface area contributed by atoms with Crippen LogP contribution in [0, 0.1) is 5.82 Å². The normalized spacial score (nSPS) is 18.9. The van der Waals surface area contributed by atoms with Crippen LogP contribution in [-0.4, -0.2) is 55.3 Å². The molecule has 0 radical (unpaired) electrons. The Morgan fingerprint density at radius 2 is 1.96 bits per heavy atom. The fourth-order valence-electron chi connectivity index (χ4n) is 3.60. The number of carboxylic acid groups (broad SMARTS) is 3. The minimum atomic E-state index is -1.26. The highest BCUT2D eigenvalue weighted by Gasteiger charge is 2.40. The fourth-order valence-corrected chi connectivity index (χ4v) is 3.60. The molecule has 0 aliphatic carbocycles. The van der Waals surface area contributed by atoms with Crippen molar-refractivity contribution in [2.75, 3.05) is 6.54 Å². The molecule has 1 aliphatic rings. The summed E-state index contributed by atoms with van der Waals surface area (Å²) in [6.07, 6.45) is 2.24. The molecule has 1 aromatic heterocycles. The molecule has 1 saturated heterocycles. The van der Waals surface area contributed by atoms with Gasteiger partial charge in [0.25, 0.3) is 0 Å². The van der Waals surface area contributed by atoms with Crippen molar-refractivity contribution < 1.29 is 34.1 Å². The Morgan fingerprint density at radius 1 is 1.23 bits per heavy atom. The average molecular weight is 364 g/mol. The Bertz CT molecular complexity index is 893. The summed E-state index contributed by atoms with van der Waals surface area (Å²) in [6, 6.07) is 1.49. The largest absolute Gasteiger partial charge is 0.480 e. The monoisotopic (exact) mass is 364 g/mol. The maximum Gasteiger partial charge on any atom is 0.325 e. The van der Waals surface area contributed by atoms with Gasteiger partial charge in [-0.05, 0) is 31.0 Å². The molecule has 2 atom stereocenters. The van der Waals surface area contributed by atoms with Crippen LogP contribution < -0.4 is 0 Å². The molecule has 3 N–H and O–H groups in total. The number of halogens is 1. The van der Waals surface area contributed by atoms with E-state index in [0.29, 0.717) is 24.8 Å². The molecule has 2 aromatic rings. The standard InChI is InChI=1S/C17H17FN2O6/c18-9-3-4-10-11(7-19(8-14(21)22)13(10)6-9)15(17(25)26)20-5-1-2-12(20)16(23)24/h3-4,6-7,12,15H,1-2,5,8H2,(H,21,22)(H,23,24)(H,25,26)/t12-,15?/m0/s1. The van der Waals surface area contributed by atoms with Gasteiger partial charge in [-0.15, -0.1) is 0 Å². The Hall–Kier alpha value is -2.94. The predicted octanol–water partition coefficient (Wildman–Crippen LogP) is 1.54. The van der Waals surface area contributed by atoms with E-state index in [9.17, 15) is 29.0 Å². The van der Waals surface area contributed by atoms with Gasteiger partial charge in [0.15, 0.2) is 0 Å². The quantitative estimate of drug-likeness (QED) is 0.711. The molecule has 0 saturated carbocycles. The summed E-state index contributed by atoms with van der Waals surface area (Å²) < 4.78 is 14.9. The topological polar surface area (TPSA) is 120 Å². The lowest BCUT2D eigenvalue weighted by Crippen LogP contribution is -2.41. The molecule has 1 fully saturated rings. The number of hydrogen-bond acceptors (Lipinski definition) is 4. The second-order valence-corrected chi connectivity index (χ2v) is 6.24. The highest BCUT2D eigenvalue weighted by atomic mass is 19.1. The first-order chi connectivity index (χ1) is 12.3. The van der Waals surface area contributed by atoms with Crippen LogP contribution in [0.2, 0.25) is 0 Å². The molecular formula is C17H17FN2O6. The Morgan fingerprint density at radius 3 is 2.58 bits per heavy atom. The number of hydrogen-bond donors (Lipinski definition) is 3. The molecule has 9 heteroatoms. The molecular weight excluding hydrogens is 347 g/mol. The maximum absolute atomic E-state index is 13.6. The predicted molar refractivity (Wildman–Crippen MR) is 87.3 cm³/mol. The third kappa shape index (κ3) is 3.13. The molecule has 0 bridgehead atoms. The number of fused-ring (bicyclic) bond motifs is 1. The summed E-state index contributed by atoms with van der Waals surface area (Å²) in [4.78, 5) is 35.9. The summed E-state index contributed by atoms with van der Waals surface area (Å²) in [5, 5.41) is 28.6. The molecule has 2 heterocycles. The third-order valence-corrected chi connectivity index (χ3v) is 4.62. The lowest BCUT2D eigenvalue weighted by Gasteiger charge is -2.27. The number of benzene rings is 1. The first kappa shape index (κ1) is 17.9.